The summed E-state index contributed by atoms with van der Waals surface area (Å²) in [6.45, 7) is 2.98. The fourth-order valence-corrected chi connectivity index (χ4v) is 2.23. The summed E-state index contributed by atoms with van der Waals surface area (Å²) >= 11 is 0. The molecular formula is C16H29N3O2. The molecule has 1 aromatic rings. The molecule has 5 heteroatoms. The van der Waals surface area contributed by atoms with Gasteiger partial charge in [-0.2, -0.15) is 0 Å². The highest BCUT2D eigenvalue weighted by Crippen LogP contribution is 2.29. The van der Waals surface area contributed by atoms with Crippen LogP contribution in [-0.4, -0.2) is 71.8 Å². The zero-order valence-corrected chi connectivity index (χ0v) is 14.1. The average Bonchev–Trinajstić information content (AvgIpc) is 2.49. The van der Waals surface area contributed by atoms with Crippen LogP contribution in [0.5, 0.6) is 11.5 Å². The quantitative estimate of drug-likeness (QED) is 0.746. The van der Waals surface area contributed by atoms with Crippen molar-refractivity contribution < 1.29 is 9.47 Å². The van der Waals surface area contributed by atoms with Crippen molar-refractivity contribution in [3.63, 3.8) is 0 Å². The van der Waals surface area contributed by atoms with Crippen molar-refractivity contribution in [3.8, 4) is 11.5 Å². The Morgan fingerprint density at radius 2 is 1.81 bits per heavy atom. The maximum atomic E-state index is 5.49. The van der Waals surface area contributed by atoms with E-state index in [4.69, 9.17) is 9.47 Å². The van der Waals surface area contributed by atoms with E-state index in [0.717, 1.165) is 36.7 Å². The number of rotatable bonds is 9. The maximum Gasteiger partial charge on any atom is 0.123 e. The molecule has 0 aliphatic carbocycles. The van der Waals surface area contributed by atoms with Gasteiger partial charge in [0.05, 0.1) is 14.2 Å². The number of benzene rings is 1. The van der Waals surface area contributed by atoms with Crippen LogP contribution in [0.3, 0.4) is 0 Å². The second-order valence-corrected chi connectivity index (χ2v) is 5.51. The highest BCUT2D eigenvalue weighted by atomic mass is 16.5. The smallest absolute Gasteiger partial charge is 0.123 e. The second kappa shape index (κ2) is 8.87. The first kappa shape index (κ1) is 17.8. The summed E-state index contributed by atoms with van der Waals surface area (Å²) in [5.41, 5.74) is 1.12. The minimum absolute atomic E-state index is 0.196. The highest BCUT2D eigenvalue weighted by molar-refractivity contribution is 5.42. The van der Waals surface area contributed by atoms with Crippen LogP contribution in [-0.2, 0) is 0 Å². The lowest BCUT2D eigenvalue weighted by atomic mass is 10.0. The standard InChI is InChI=1S/C16H29N3O2/c1-17-15(12-19(4)10-9-18(2)3)14-11-13(20-5)7-8-16(14)21-6/h7-8,11,15,17H,9-10,12H2,1-6H3. The molecule has 1 atom stereocenters. The van der Waals surface area contributed by atoms with Gasteiger partial charge < -0.3 is 24.6 Å². The van der Waals surface area contributed by atoms with Gasteiger partial charge in [0.15, 0.2) is 0 Å². The monoisotopic (exact) mass is 295 g/mol. The number of likely N-dealkylation sites (N-methyl/N-ethyl adjacent to an activating group) is 3. The number of nitrogens with one attached hydrogen (secondary N) is 1. The molecule has 0 aromatic heterocycles. The van der Waals surface area contributed by atoms with E-state index >= 15 is 0 Å². The first-order valence-corrected chi connectivity index (χ1v) is 7.24. The number of hydrogen-bond donors (Lipinski definition) is 1. The van der Waals surface area contributed by atoms with Crippen LogP contribution in [0.4, 0.5) is 0 Å². The van der Waals surface area contributed by atoms with E-state index in [1.807, 2.05) is 25.2 Å². The second-order valence-electron chi connectivity index (χ2n) is 5.51. The molecule has 0 saturated heterocycles. The van der Waals surface area contributed by atoms with E-state index in [1.54, 1.807) is 14.2 Å². The minimum atomic E-state index is 0.196. The average molecular weight is 295 g/mol. The topological polar surface area (TPSA) is 37.0 Å². The Balaban J connectivity index is 2.83. The molecule has 120 valence electrons. The van der Waals surface area contributed by atoms with Gasteiger partial charge in [-0.05, 0) is 46.4 Å². The summed E-state index contributed by atoms with van der Waals surface area (Å²) in [7, 11) is 11.7. The van der Waals surface area contributed by atoms with Gasteiger partial charge in [-0.25, -0.2) is 0 Å². The molecule has 0 bridgehead atoms. The summed E-state index contributed by atoms with van der Waals surface area (Å²) in [4.78, 5) is 4.51. The minimum Gasteiger partial charge on any atom is -0.497 e. The SMILES string of the molecule is CNC(CN(C)CCN(C)C)c1cc(OC)ccc1OC. The Morgan fingerprint density at radius 1 is 1.10 bits per heavy atom. The van der Waals surface area contributed by atoms with E-state index in [0.29, 0.717) is 0 Å². The molecule has 21 heavy (non-hydrogen) atoms. The lowest BCUT2D eigenvalue weighted by Crippen LogP contribution is -2.35. The van der Waals surface area contributed by atoms with E-state index < -0.39 is 0 Å². The van der Waals surface area contributed by atoms with E-state index in [9.17, 15) is 0 Å². The Labute approximate surface area is 128 Å². The van der Waals surface area contributed by atoms with Gasteiger partial charge in [0.1, 0.15) is 11.5 Å². The van der Waals surface area contributed by atoms with Crippen molar-refractivity contribution in [2.75, 3.05) is 62.0 Å². The van der Waals surface area contributed by atoms with Gasteiger partial charge in [-0.15, -0.1) is 0 Å². The van der Waals surface area contributed by atoms with E-state index in [2.05, 4.69) is 36.3 Å². The van der Waals surface area contributed by atoms with Crippen LogP contribution in [0.15, 0.2) is 18.2 Å². The van der Waals surface area contributed by atoms with Gasteiger partial charge >= 0.3 is 0 Å². The zero-order valence-electron chi connectivity index (χ0n) is 14.1. The van der Waals surface area contributed by atoms with E-state index in [-0.39, 0.29) is 6.04 Å². The molecule has 0 aliphatic rings. The largest absolute Gasteiger partial charge is 0.497 e. The van der Waals surface area contributed by atoms with E-state index in [1.165, 1.54) is 0 Å². The fraction of sp³-hybridized carbons (Fsp3) is 0.625. The van der Waals surface area contributed by atoms with Gasteiger partial charge in [-0.3, -0.25) is 0 Å². The van der Waals surface area contributed by atoms with Gasteiger partial charge in [0.2, 0.25) is 0 Å². The maximum absolute atomic E-state index is 5.49. The Morgan fingerprint density at radius 3 is 2.33 bits per heavy atom. The zero-order chi connectivity index (χ0) is 15.8. The first-order chi connectivity index (χ1) is 10.0. The molecule has 5 nitrogen and oxygen atoms in total. The summed E-state index contributed by atoms with van der Waals surface area (Å²) < 4.78 is 10.8. The van der Waals surface area contributed by atoms with Crippen molar-refractivity contribution in [3.05, 3.63) is 23.8 Å². The molecule has 1 aromatic carbocycles. The van der Waals surface area contributed by atoms with Gasteiger partial charge in [0, 0.05) is 31.2 Å². The molecule has 0 radical (unpaired) electrons. The molecule has 1 rings (SSSR count). The molecule has 0 aliphatic heterocycles. The molecule has 0 saturated carbocycles. The van der Waals surface area contributed by atoms with Crippen molar-refractivity contribution in [2.45, 2.75) is 6.04 Å². The van der Waals surface area contributed by atoms with Crippen LogP contribution in [0.25, 0.3) is 0 Å². The Kier molecular flexibility index (Phi) is 7.50. The Hall–Kier alpha value is -1.30. The normalized spacial score (nSPS) is 12.8. The predicted octanol–water partition coefficient (Wildman–Crippen LogP) is 1.46. The van der Waals surface area contributed by atoms with Gasteiger partial charge in [0.25, 0.3) is 0 Å². The van der Waals surface area contributed by atoms with Crippen molar-refractivity contribution in [1.29, 1.82) is 0 Å². The van der Waals surface area contributed by atoms with Crippen LogP contribution in [0.2, 0.25) is 0 Å². The third kappa shape index (κ3) is 5.53. The number of nitrogens with zero attached hydrogens (tertiary/aromatic N) is 2. The molecule has 0 amide bonds. The summed E-state index contributed by atoms with van der Waals surface area (Å²) in [6, 6.07) is 6.12. The molecule has 0 fully saturated rings. The molecule has 1 unspecified atom stereocenters. The van der Waals surface area contributed by atoms with Gasteiger partial charge in [-0.1, -0.05) is 0 Å². The first-order valence-electron chi connectivity index (χ1n) is 7.24. The lowest BCUT2D eigenvalue weighted by molar-refractivity contribution is 0.257. The van der Waals surface area contributed by atoms with Crippen LogP contribution >= 0.6 is 0 Å². The molecule has 1 N–H and O–H groups in total. The third-order valence-electron chi connectivity index (χ3n) is 3.58. The lowest BCUT2D eigenvalue weighted by Gasteiger charge is -2.26. The summed E-state index contributed by atoms with van der Waals surface area (Å²) in [6.07, 6.45) is 0. The summed E-state index contributed by atoms with van der Waals surface area (Å²) in [5.74, 6) is 1.73. The number of methoxy groups -OCH3 is 2. The van der Waals surface area contributed by atoms with Crippen molar-refractivity contribution in [2.24, 2.45) is 0 Å². The van der Waals surface area contributed by atoms with Crippen molar-refractivity contribution in [1.82, 2.24) is 15.1 Å². The third-order valence-corrected chi connectivity index (χ3v) is 3.58. The molecular weight excluding hydrogens is 266 g/mol. The molecule has 0 heterocycles. The Bertz CT molecular complexity index is 424. The number of hydrogen-bond acceptors (Lipinski definition) is 5. The van der Waals surface area contributed by atoms with Crippen LogP contribution < -0.4 is 14.8 Å². The number of ether oxygens (including phenoxy) is 2. The molecule has 0 spiro atoms. The summed E-state index contributed by atoms with van der Waals surface area (Å²) in [5, 5.41) is 3.37. The van der Waals surface area contributed by atoms with Crippen LogP contribution in [0, 0.1) is 0 Å². The highest BCUT2D eigenvalue weighted by Gasteiger charge is 2.17. The fourth-order valence-electron chi connectivity index (χ4n) is 2.23. The van der Waals surface area contributed by atoms with Crippen molar-refractivity contribution >= 4 is 0 Å². The predicted molar refractivity (Wildman–Crippen MR) is 87.4 cm³/mol. The van der Waals surface area contributed by atoms with Crippen LogP contribution in [0.1, 0.15) is 11.6 Å².